The van der Waals surface area contributed by atoms with Crippen molar-refractivity contribution in [2.75, 3.05) is 13.7 Å². The first-order chi connectivity index (χ1) is 6.53. The summed E-state index contributed by atoms with van der Waals surface area (Å²) in [6, 6.07) is 0. The van der Waals surface area contributed by atoms with Crippen LogP contribution in [0.3, 0.4) is 0 Å². The maximum Gasteiger partial charge on any atom is 0.337 e. The summed E-state index contributed by atoms with van der Waals surface area (Å²) in [5, 5.41) is 0. The van der Waals surface area contributed by atoms with Gasteiger partial charge < -0.3 is 18.9 Å². The second-order valence-electron chi connectivity index (χ2n) is 3.92. The Labute approximate surface area is 82.3 Å². The molecule has 2 heterocycles. The topological polar surface area (TPSA) is 54.0 Å². The molecule has 2 aliphatic heterocycles. The summed E-state index contributed by atoms with van der Waals surface area (Å²) in [6.45, 7) is 4.02. The number of carbonyl (C=O) groups is 1. The summed E-state index contributed by atoms with van der Waals surface area (Å²) >= 11 is 0. The molecule has 80 valence electrons. The Morgan fingerprint density at radius 1 is 1.43 bits per heavy atom. The molecule has 0 amide bonds. The number of fused-ring (bicyclic) bond motifs is 1. The van der Waals surface area contributed by atoms with E-state index in [4.69, 9.17) is 14.2 Å². The average molecular weight is 202 g/mol. The molecule has 2 saturated heterocycles. The quantitative estimate of drug-likeness (QED) is 0.563. The number of carbonyl (C=O) groups excluding carboxylic acids is 1. The van der Waals surface area contributed by atoms with Gasteiger partial charge in [-0.15, -0.1) is 0 Å². The van der Waals surface area contributed by atoms with Crippen molar-refractivity contribution in [3.63, 3.8) is 0 Å². The van der Waals surface area contributed by atoms with Gasteiger partial charge in [-0.3, -0.25) is 0 Å². The van der Waals surface area contributed by atoms with Crippen LogP contribution in [0.25, 0.3) is 0 Å². The molecule has 0 aromatic heterocycles. The molecule has 5 heteroatoms. The molecule has 0 unspecified atom stereocenters. The Bertz CT molecular complexity index is 250. The predicted octanol–water partition coefficient (Wildman–Crippen LogP) is 0.0783. The zero-order chi connectivity index (χ0) is 10.3. The lowest BCUT2D eigenvalue weighted by Gasteiger charge is -2.20. The lowest BCUT2D eigenvalue weighted by molar-refractivity contribution is -0.185. The molecule has 2 rings (SSSR count). The van der Waals surface area contributed by atoms with Crippen LogP contribution in [0.5, 0.6) is 0 Å². The summed E-state index contributed by atoms with van der Waals surface area (Å²) in [7, 11) is 1.33. The van der Waals surface area contributed by atoms with E-state index in [1.165, 1.54) is 7.11 Å². The second kappa shape index (κ2) is 3.18. The number of hydrogen-bond donors (Lipinski definition) is 0. The number of methoxy groups -OCH3 is 1. The van der Waals surface area contributed by atoms with E-state index in [-0.39, 0.29) is 12.2 Å². The largest absolute Gasteiger partial charge is 0.467 e. The number of ether oxygens (including phenoxy) is 4. The molecule has 0 bridgehead atoms. The highest BCUT2D eigenvalue weighted by Gasteiger charge is 2.53. The third-order valence-corrected chi connectivity index (χ3v) is 2.39. The first-order valence-corrected chi connectivity index (χ1v) is 4.58. The first-order valence-electron chi connectivity index (χ1n) is 4.58. The zero-order valence-electron chi connectivity index (χ0n) is 8.48. The first kappa shape index (κ1) is 9.89. The van der Waals surface area contributed by atoms with Gasteiger partial charge in [0, 0.05) is 0 Å². The summed E-state index contributed by atoms with van der Waals surface area (Å²) in [6.07, 6.45) is -1.14. The van der Waals surface area contributed by atoms with Gasteiger partial charge in [-0.05, 0) is 13.8 Å². The molecule has 3 atom stereocenters. The maximum absolute atomic E-state index is 11.3. The minimum absolute atomic E-state index is 0.158. The molecule has 0 aliphatic carbocycles. The van der Waals surface area contributed by atoms with Crippen LogP contribution in [0.1, 0.15) is 13.8 Å². The van der Waals surface area contributed by atoms with Crippen molar-refractivity contribution in [2.24, 2.45) is 0 Å². The predicted molar refractivity (Wildman–Crippen MR) is 45.6 cm³/mol. The molecule has 2 aliphatic rings. The Balaban J connectivity index is 2.08. The van der Waals surface area contributed by atoms with Crippen molar-refractivity contribution in [1.82, 2.24) is 0 Å². The van der Waals surface area contributed by atoms with Crippen LogP contribution >= 0.6 is 0 Å². The summed E-state index contributed by atoms with van der Waals surface area (Å²) in [5.41, 5.74) is 0. The average Bonchev–Trinajstić information content (AvgIpc) is 2.58. The summed E-state index contributed by atoms with van der Waals surface area (Å²) in [5.74, 6) is -1.04. The van der Waals surface area contributed by atoms with E-state index in [2.05, 4.69) is 4.74 Å². The van der Waals surface area contributed by atoms with Gasteiger partial charge in [0.15, 0.2) is 11.9 Å². The van der Waals surface area contributed by atoms with Crippen molar-refractivity contribution >= 4 is 5.97 Å². The molecular formula is C9H14O5. The highest BCUT2D eigenvalue weighted by molar-refractivity contribution is 5.75. The molecule has 5 nitrogen and oxygen atoms in total. The molecule has 0 spiro atoms. The van der Waals surface area contributed by atoms with Gasteiger partial charge in [-0.1, -0.05) is 0 Å². The molecule has 14 heavy (non-hydrogen) atoms. The fourth-order valence-corrected chi connectivity index (χ4v) is 1.86. The Kier molecular flexibility index (Phi) is 2.25. The fraction of sp³-hybridized carbons (Fsp3) is 0.889. The monoisotopic (exact) mass is 202 g/mol. The van der Waals surface area contributed by atoms with Gasteiger partial charge >= 0.3 is 5.97 Å². The summed E-state index contributed by atoms with van der Waals surface area (Å²) < 4.78 is 21.0. The van der Waals surface area contributed by atoms with E-state index in [0.717, 1.165) is 0 Å². The van der Waals surface area contributed by atoms with Crippen molar-refractivity contribution in [3.8, 4) is 0 Å². The van der Waals surface area contributed by atoms with Crippen LogP contribution in [0.2, 0.25) is 0 Å². The van der Waals surface area contributed by atoms with Crippen LogP contribution in [0.15, 0.2) is 0 Å². The van der Waals surface area contributed by atoms with E-state index in [1.54, 1.807) is 0 Å². The van der Waals surface area contributed by atoms with Crippen molar-refractivity contribution < 1.29 is 23.7 Å². The number of hydrogen-bond acceptors (Lipinski definition) is 5. The standard InChI is InChI=1S/C9H14O5/c1-9(2)13-5-4-12-7(6(5)14-9)8(10)11-3/h5-7H,4H2,1-3H3/t5-,6-,7+/m1/s1. The molecule has 0 N–H and O–H groups in total. The van der Waals surface area contributed by atoms with Gasteiger partial charge in [0.2, 0.25) is 0 Å². The Morgan fingerprint density at radius 2 is 2.14 bits per heavy atom. The molecular weight excluding hydrogens is 188 g/mol. The lowest BCUT2D eigenvalue weighted by Crippen LogP contribution is -2.36. The molecule has 0 radical (unpaired) electrons. The second-order valence-corrected chi connectivity index (χ2v) is 3.92. The Morgan fingerprint density at radius 3 is 2.79 bits per heavy atom. The third kappa shape index (κ3) is 1.51. The van der Waals surface area contributed by atoms with Gasteiger partial charge in [0.05, 0.1) is 13.7 Å². The molecule has 0 aromatic carbocycles. The van der Waals surface area contributed by atoms with Crippen LogP contribution in [0, 0.1) is 0 Å². The molecule has 0 saturated carbocycles. The van der Waals surface area contributed by atoms with Crippen molar-refractivity contribution in [2.45, 2.75) is 37.9 Å². The number of rotatable bonds is 1. The highest BCUT2D eigenvalue weighted by atomic mass is 16.8. The normalized spacial score (nSPS) is 39.5. The van der Waals surface area contributed by atoms with E-state index >= 15 is 0 Å². The van der Waals surface area contributed by atoms with Gasteiger partial charge in [0.25, 0.3) is 0 Å². The number of esters is 1. The van der Waals surface area contributed by atoms with Gasteiger partial charge in [-0.2, -0.15) is 0 Å². The smallest absolute Gasteiger partial charge is 0.337 e. The zero-order valence-corrected chi connectivity index (χ0v) is 8.48. The van der Waals surface area contributed by atoms with Crippen LogP contribution in [-0.2, 0) is 23.7 Å². The van der Waals surface area contributed by atoms with E-state index in [0.29, 0.717) is 6.61 Å². The third-order valence-electron chi connectivity index (χ3n) is 2.39. The van der Waals surface area contributed by atoms with E-state index < -0.39 is 17.9 Å². The van der Waals surface area contributed by atoms with Crippen LogP contribution in [0.4, 0.5) is 0 Å². The maximum atomic E-state index is 11.3. The minimum atomic E-state index is -0.647. The fourth-order valence-electron chi connectivity index (χ4n) is 1.86. The van der Waals surface area contributed by atoms with Gasteiger partial charge in [-0.25, -0.2) is 4.79 Å². The Hall–Kier alpha value is -0.650. The molecule has 2 fully saturated rings. The molecule has 0 aromatic rings. The van der Waals surface area contributed by atoms with E-state index in [9.17, 15) is 4.79 Å². The van der Waals surface area contributed by atoms with Crippen LogP contribution in [-0.4, -0.2) is 43.8 Å². The summed E-state index contributed by atoms with van der Waals surface area (Å²) in [4.78, 5) is 11.3. The highest BCUT2D eigenvalue weighted by Crippen LogP contribution is 2.35. The van der Waals surface area contributed by atoms with Crippen LogP contribution < -0.4 is 0 Å². The van der Waals surface area contributed by atoms with Crippen molar-refractivity contribution in [1.29, 1.82) is 0 Å². The van der Waals surface area contributed by atoms with E-state index in [1.807, 2.05) is 13.8 Å². The SMILES string of the molecule is COC(=O)[C@H]1OC[C@H]2OC(C)(C)O[C@@H]12. The van der Waals surface area contributed by atoms with Crippen molar-refractivity contribution in [3.05, 3.63) is 0 Å². The lowest BCUT2D eigenvalue weighted by atomic mass is 10.1. The minimum Gasteiger partial charge on any atom is -0.467 e. The van der Waals surface area contributed by atoms with Gasteiger partial charge in [0.1, 0.15) is 12.2 Å².